The van der Waals surface area contributed by atoms with Gasteiger partial charge < -0.3 is 5.32 Å². The summed E-state index contributed by atoms with van der Waals surface area (Å²) >= 11 is 0. The molecule has 0 aliphatic carbocycles. The molecule has 19 heavy (non-hydrogen) atoms. The maximum Gasteiger partial charge on any atom is 0.125 e. The summed E-state index contributed by atoms with van der Waals surface area (Å²) in [5, 5.41) is 3.26. The number of aromatic nitrogens is 1. The van der Waals surface area contributed by atoms with Gasteiger partial charge in [-0.1, -0.05) is 25.8 Å². The number of hydrogen-bond acceptors (Lipinski definition) is 3. The Hall–Kier alpha value is -1.09. The predicted molar refractivity (Wildman–Crippen MR) is 81.5 cm³/mol. The molecule has 0 aromatic carbocycles. The van der Waals surface area contributed by atoms with Crippen molar-refractivity contribution >= 4 is 5.82 Å². The second kappa shape index (κ2) is 7.49. The molecule has 1 aromatic rings. The highest BCUT2D eigenvalue weighted by Crippen LogP contribution is 2.30. The quantitative estimate of drug-likeness (QED) is 0.843. The van der Waals surface area contributed by atoms with Crippen LogP contribution in [0.5, 0.6) is 0 Å². The van der Waals surface area contributed by atoms with Crippen LogP contribution in [-0.4, -0.2) is 29.5 Å². The Morgan fingerprint density at radius 3 is 2.89 bits per heavy atom. The smallest absolute Gasteiger partial charge is 0.125 e. The van der Waals surface area contributed by atoms with Gasteiger partial charge in [0.15, 0.2) is 0 Å². The fourth-order valence-electron chi connectivity index (χ4n) is 2.89. The Morgan fingerprint density at radius 2 is 2.21 bits per heavy atom. The molecule has 1 aromatic heterocycles. The lowest BCUT2D eigenvalue weighted by molar-refractivity contribution is 0.146. The maximum absolute atomic E-state index is 4.52. The van der Waals surface area contributed by atoms with Crippen molar-refractivity contribution in [2.24, 2.45) is 0 Å². The average molecular weight is 261 g/mol. The van der Waals surface area contributed by atoms with E-state index in [1.165, 1.54) is 50.8 Å². The van der Waals surface area contributed by atoms with Crippen molar-refractivity contribution in [3.05, 3.63) is 23.9 Å². The summed E-state index contributed by atoms with van der Waals surface area (Å²) in [6.07, 6.45) is 8.63. The Kier molecular flexibility index (Phi) is 5.64. The van der Waals surface area contributed by atoms with Crippen LogP contribution in [0.15, 0.2) is 18.3 Å². The normalized spacial score (nSPS) is 20.4. The Bertz CT molecular complexity index is 361. The molecule has 1 fully saturated rings. The Morgan fingerprint density at radius 1 is 1.32 bits per heavy atom. The first-order valence-electron chi connectivity index (χ1n) is 7.79. The SMILES string of the molecule is CCCCN1CCCCC1c1ccc(NCC)nc1. The van der Waals surface area contributed by atoms with Gasteiger partial charge in [-0.15, -0.1) is 0 Å². The number of rotatable bonds is 6. The van der Waals surface area contributed by atoms with E-state index in [4.69, 9.17) is 0 Å². The van der Waals surface area contributed by atoms with E-state index in [-0.39, 0.29) is 0 Å². The van der Waals surface area contributed by atoms with Gasteiger partial charge in [-0.3, -0.25) is 4.90 Å². The molecule has 3 heteroatoms. The fourth-order valence-corrected chi connectivity index (χ4v) is 2.89. The molecule has 3 nitrogen and oxygen atoms in total. The van der Waals surface area contributed by atoms with E-state index in [0.29, 0.717) is 6.04 Å². The number of anilines is 1. The second-order valence-electron chi connectivity index (χ2n) is 5.41. The summed E-state index contributed by atoms with van der Waals surface area (Å²) in [5.41, 5.74) is 1.39. The van der Waals surface area contributed by atoms with Crippen LogP contribution in [-0.2, 0) is 0 Å². The van der Waals surface area contributed by atoms with Gasteiger partial charge in [0, 0.05) is 18.8 Å². The summed E-state index contributed by atoms with van der Waals surface area (Å²) in [7, 11) is 0. The lowest BCUT2D eigenvalue weighted by Gasteiger charge is -2.36. The van der Waals surface area contributed by atoms with Crippen molar-refractivity contribution < 1.29 is 0 Å². The largest absolute Gasteiger partial charge is 0.370 e. The van der Waals surface area contributed by atoms with Crippen LogP contribution < -0.4 is 5.32 Å². The first-order valence-corrected chi connectivity index (χ1v) is 7.79. The number of likely N-dealkylation sites (tertiary alicyclic amines) is 1. The molecule has 106 valence electrons. The van der Waals surface area contributed by atoms with E-state index in [2.05, 4.69) is 47.4 Å². The third-order valence-electron chi connectivity index (χ3n) is 3.94. The second-order valence-corrected chi connectivity index (χ2v) is 5.41. The van der Waals surface area contributed by atoms with Crippen LogP contribution in [0.1, 0.15) is 57.6 Å². The molecule has 1 aliphatic heterocycles. The number of piperidine rings is 1. The van der Waals surface area contributed by atoms with E-state index in [1.54, 1.807) is 0 Å². The van der Waals surface area contributed by atoms with Gasteiger partial charge in [-0.25, -0.2) is 4.98 Å². The number of unbranched alkanes of at least 4 members (excludes halogenated alkanes) is 1. The maximum atomic E-state index is 4.52. The molecule has 1 saturated heterocycles. The van der Waals surface area contributed by atoms with Gasteiger partial charge >= 0.3 is 0 Å². The zero-order valence-electron chi connectivity index (χ0n) is 12.4. The number of nitrogens with zero attached hydrogens (tertiary/aromatic N) is 2. The molecule has 1 atom stereocenters. The molecule has 0 amide bonds. The molecule has 0 spiro atoms. The Labute approximate surface area is 117 Å². The molecule has 1 N–H and O–H groups in total. The van der Waals surface area contributed by atoms with Crippen molar-refractivity contribution in [2.45, 2.75) is 52.0 Å². The van der Waals surface area contributed by atoms with Gasteiger partial charge in [-0.05, 0) is 50.9 Å². The highest BCUT2D eigenvalue weighted by molar-refractivity contribution is 5.36. The van der Waals surface area contributed by atoms with Crippen molar-refractivity contribution in [1.82, 2.24) is 9.88 Å². The number of hydrogen-bond donors (Lipinski definition) is 1. The minimum Gasteiger partial charge on any atom is -0.370 e. The topological polar surface area (TPSA) is 28.2 Å². The monoisotopic (exact) mass is 261 g/mol. The van der Waals surface area contributed by atoms with Gasteiger partial charge in [0.1, 0.15) is 5.82 Å². The van der Waals surface area contributed by atoms with Crippen LogP contribution in [0.25, 0.3) is 0 Å². The molecule has 1 aliphatic rings. The number of pyridine rings is 1. The predicted octanol–water partition coefficient (Wildman–Crippen LogP) is 3.84. The minimum absolute atomic E-state index is 0.587. The third-order valence-corrected chi connectivity index (χ3v) is 3.94. The van der Waals surface area contributed by atoms with Crippen molar-refractivity contribution in [3.63, 3.8) is 0 Å². The van der Waals surface area contributed by atoms with Crippen molar-refractivity contribution in [2.75, 3.05) is 25.0 Å². The lowest BCUT2D eigenvalue weighted by Crippen LogP contribution is -2.34. The summed E-state index contributed by atoms with van der Waals surface area (Å²) in [4.78, 5) is 7.17. The van der Waals surface area contributed by atoms with Crippen LogP contribution in [0.4, 0.5) is 5.82 Å². The molecule has 0 bridgehead atoms. The summed E-state index contributed by atoms with van der Waals surface area (Å²) in [5.74, 6) is 0.988. The van der Waals surface area contributed by atoms with E-state index in [1.807, 2.05) is 0 Å². The number of nitrogens with one attached hydrogen (secondary N) is 1. The zero-order valence-corrected chi connectivity index (χ0v) is 12.4. The van der Waals surface area contributed by atoms with Gasteiger partial charge in [0.05, 0.1) is 0 Å². The van der Waals surface area contributed by atoms with Crippen LogP contribution in [0.3, 0.4) is 0 Å². The van der Waals surface area contributed by atoms with Crippen LogP contribution in [0, 0.1) is 0 Å². The molecular weight excluding hydrogens is 234 g/mol. The summed E-state index contributed by atoms with van der Waals surface area (Å²) in [6, 6.07) is 4.95. The van der Waals surface area contributed by atoms with E-state index < -0.39 is 0 Å². The molecule has 0 saturated carbocycles. The van der Waals surface area contributed by atoms with Crippen molar-refractivity contribution in [1.29, 1.82) is 0 Å². The first-order chi connectivity index (χ1) is 9.35. The third kappa shape index (κ3) is 3.93. The summed E-state index contributed by atoms with van der Waals surface area (Å²) in [6.45, 7) is 7.78. The molecular formula is C16H27N3. The highest BCUT2D eigenvalue weighted by Gasteiger charge is 2.23. The van der Waals surface area contributed by atoms with E-state index in [0.717, 1.165) is 12.4 Å². The van der Waals surface area contributed by atoms with Gasteiger partial charge in [0.2, 0.25) is 0 Å². The molecule has 2 heterocycles. The lowest BCUT2D eigenvalue weighted by atomic mass is 9.96. The van der Waals surface area contributed by atoms with Gasteiger partial charge in [0.25, 0.3) is 0 Å². The van der Waals surface area contributed by atoms with E-state index >= 15 is 0 Å². The van der Waals surface area contributed by atoms with Crippen molar-refractivity contribution in [3.8, 4) is 0 Å². The Balaban J connectivity index is 2.03. The molecule has 1 unspecified atom stereocenters. The fraction of sp³-hybridized carbons (Fsp3) is 0.688. The van der Waals surface area contributed by atoms with Crippen LogP contribution in [0.2, 0.25) is 0 Å². The molecule has 0 radical (unpaired) electrons. The van der Waals surface area contributed by atoms with E-state index in [9.17, 15) is 0 Å². The zero-order chi connectivity index (χ0) is 13.5. The minimum atomic E-state index is 0.587. The standard InChI is InChI=1S/C16H27N3/c1-3-5-11-19-12-7-6-8-15(19)14-9-10-16(17-4-2)18-13-14/h9-10,13,15H,3-8,11-12H2,1-2H3,(H,17,18). The molecule has 2 rings (SSSR count). The van der Waals surface area contributed by atoms with Crippen LogP contribution >= 0.6 is 0 Å². The highest BCUT2D eigenvalue weighted by atomic mass is 15.2. The van der Waals surface area contributed by atoms with Gasteiger partial charge in [-0.2, -0.15) is 0 Å². The summed E-state index contributed by atoms with van der Waals surface area (Å²) < 4.78 is 0. The average Bonchev–Trinajstić information content (AvgIpc) is 2.47. The first kappa shape index (κ1) is 14.3.